The van der Waals surface area contributed by atoms with E-state index in [-0.39, 0.29) is 113 Å². The Morgan fingerprint density at radius 2 is 0.953 bits per heavy atom. The summed E-state index contributed by atoms with van der Waals surface area (Å²) in [6, 6.07) is 0. The van der Waals surface area contributed by atoms with E-state index in [0.717, 1.165) is 0 Å². The van der Waals surface area contributed by atoms with E-state index in [2.05, 4.69) is 0 Å². The van der Waals surface area contributed by atoms with E-state index in [1.807, 2.05) is 0 Å². The molecule has 0 aromatic heterocycles. The van der Waals surface area contributed by atoms with Crippen LogP contribution in [0, 0.1) is 0 Å². The fraction of sp³-hybridized carbons (Fsp3) is 0.933. The number of carboxylic acids is 1. The van der Waals surface area contributed by atoms with Gasteiger partial charge in [-0.25, -0.2) is 8.42 Å². The molecular weight excluding hydrogens is 825 g/mol. The number of carbonyl (C=O) groups excluding carboxylic acids is 1. The number of nitrogens with zero attached hydrogens (tertiary/aromatic N) is 1. The molecule has 28 heteroatoms. The summed E-state index contributed by atoms with van der Waals surface area (Å²) in [4.78, 5) is 10.2. The van der Waals surface area contributed by atoms with Crippen molar-refractivity contribution in [2.75, 3.05) is 13.1 Å². The number of aliphatic carboxylic acids is 1. The van der Waals surface area contributed by atoms with Crippen molar-refractivity contribution in [3.63, 3.8) is 0 Å². The molecule has 0 aliphatic heterocycles. The fourth-order valence-corrected chi connectivity index (χ4v) is 2.78. The predicted molar refractivity (Wildman–Crippen MR) is 101 cm³/mol. The van der Waals surface area contributed by atoms with Crippen molar-refractivity contribution in [1.82, 2.24) is 4.31 Å². The van der Waals surface area contributed by atoms with Crippen LogP contribution in [0.3, 0.4) is 0 Å². The number of aliphatic hydroxyl groups excluding tert-OH is 2. The minimum Gasteiger partial charge on any atom is -1.00 e. The summed E-state index contributed by atoms with van der Waals surface area (Å²) in [6.07, 6.45) is -7.78. The van der Waals surface area contributed by atoms with Crippen molar-refractivity contribution in [2.45, 2.75) is 76.0 Å². The summed E-state index contributed by atoms with van der Waals surface area (Å²) in [7, 11) is -7.14. The van der Waals surface area contributed by atoms with Gasteiger partial charge in [0, 0.05) is 18.8 Å². The second-order valence-corrected chi connectivity index (χ2v) is 8.71. The Balaban J connectivity index is -0.0000000504. The Bertz CT molecular complexity index is 765. The van der Waals surface area contributed by atoms with Crippen molar-refractivity contribution in [2.24, 2.45) is 0 Å². The minimum atomic E-state index is -7.92. The molecule has 0 aromatic carbocycles. The summed E-state index contributed by atoms with van der Waals surface area (Å²) in [5.74, 6) is -26.0. The third kappa shape index (κ3) is 21.2. The van der Waals surface area contributed by atoms with Crippen molar-refractivity contribution in [1.29, 1.82) is 0 Å². The van der Waals surface area contributed by atoms with Gasteiger partial charge in [-0.2, -0.15) is 52.6 Å². The van der Waals surface area contributed by atoms with Gasteiger partial charge >= 0.3 is 63.9 Å². The van der Waals surface area contributed by atoms with Gasteiger partial charge in [0.1, 0.15) is 0 Å². The molecule has 7 N–H and O–H groups in total. The smallest absolute Gasteiger partial charge is 1.00 e. The molecule has 0 amide bonds. The van der Waals surface area contributed by atoms with Crippen LogP contribution in [0.2, 0.25) is 0 Å². The van der Waals surface area contributed by atoms with Crippen LogP contribution in [-0.4, -0.2) is 99.8 Å². The van der Waals surface area contributed by atoms with Gasteiger partial charge in [0.05, 0.1) is 12.5 Å². The van der Waals surface area contributed by atoms with E-state index in [4.69, 9.17) is 10.2 Å². The molecule has 10 nitrogen and oxygen atoms in total. The minimum absolute atomic E-state index is 0. The van der Waals surface area contributed by atoms with Gasteiger partial charge in [0.15, 0.2) is 0 Å². The molecule has 0 spiro atoms. The van der Waals surface area contributed by atoms with E-state index in [0.29, 0.717) is 6.92 Å². The number of aliphatic hydroxyl groups is 2. The number of hydrogen-bond acceptors (Lipinski definition) is 7. The molecule has 0 atom stereocenters. The van der Waals surface area contributed by atoms with E-state index < -0.39 is 62.6 Å². The van der Waals surface area contributed by atoms with Crippen molar-refractivity contribution in [3.8, 4) is 0 Å². The molecular formula is C15H28Cl4Cr2F11NO9S. The molecule has 0 saturated carbocycles. The third-order valence-corrected chi connectivity index (χ3v) is 4.80. The number of carboxylic acid groups (broad SMARTS) is 1. The summed E-state index contributed by atoms with van der Waals surface area (Å²) in [6.45, 7) is 3.98. The molecule has 0 bridgehead atoms. The van der Waals surface area contributed by atoms with Gasteiger partial charge in [-0.05, 0) is 27.7 Å². The number of hydrogen-bond donors (Lipinski definition) is 2. The molecule has 0 aromatic rings. The van der Waals surface area contributed by atoms with Crippen molar-refractivity contribution in [3.05, 3.63) is 0 Å². The van der Waals surface area contributed by atoms with E-state index >= 15 is 0 Å². The molecule has 43 heavy (non-hydrogen) atoms. The van der Waals surface area contributed by atoms with Crippen molar-refractivity contribution >= 4 is 16.0 Å². The topological polar surface area (TPSA) is 211 Å². The molecule has 270 valence electrons. The predicted octanol–water partition coefficient (Wildman–Crippen LogP) is -11.6. The van der Waals surface area contributed by atoms with Crippen LogP contribution in [0.4, 0.5) is 48.3 Å². The number of rotatable bonds is 8. The second-order valence-electron chi connectivity index (χ2n) is 6.73. The maximum absolute atomic E-state index is 13.5. The van der Waals surface area contributed by atoms with Crippen LogP contribution < -0.4 is 54.7 Å². The monoisotopic (exact) mass is 851 g/mol. The van der Waals surface area contributed by atoms with Crippen LogP contribution in [0.1, 0.15) is 34.6 Å². The van der Waals surface area contributed by atoms with Crippen LogP contribution in [0.5, 0.6) is 0 Å². The molecule has 0 aliphatic rings. The van der Waals surface area contributed by atoms with E-state index in [1.54, 1.807) is 27.7 Å². The number of alkyl halides is 11. The summed E-state index contributed by atoms with van der Waals surface area (Å²) < 4.78 is 162. The largest absolute Gasteiger partial charge is 3.00 e. The first-order valence-electron chi connectivity index (χ1n) is 8.73. The Morgan fingerprint density at radius 1 is 0.721 bits per heavy atom. The third-order valence-electron chi connectivity index (χ3n) is 2.83. The maximum Gasteiger partial charge on any atom is 3.00 e. The van der Waals surface area contributed by atoms with Crippen molar-refractivity contribution < 1.29 is 178 Å². The van der Waals surface area contributed by atoms with Gasteiger partial charge in [-0.3, -0.25) is 0 Å². The van der Waals surface area contributed by atoms with Gasteiger partial charge in [0.2, 0.25) is 0 Å². The van der Waals surface area contributed by atoms with E-state index in [9.17, 15) is 66.6 Å². The van der Waals surface area contributed by atoms with E-state index in [1.165, 1.54) is 0 Å². The summed E-state index contributed by atoms with van der Waals surface area (Å²) in [5, 5.41) is 19.1. The Labute approximate surface area is 286 Å². The number of carbonyl (C=O) groups is 1. The number of likely N-dealkylation sites (N-methyl/N-ethyl adjacent to an activating group) is 1. The normalized spacial score (nSPS) is 11.0. The van der Waals surface area contributed by atoms with Gasteiger partial charge in [-0.15, -0.1) is 0 Å². The number of sulfonamides is 1. The van der Waals surface area contributed by atoms with Gasteiger partial charge < -0.3 is 86.2 Å². The molecule has 0 saturated heterocycles. The Morgan fingerprint density at radius 3 is 1.12 bits per heavy atom. The Hall–Kier alpha value is 0.635. The maximum atomic E-state index is 13.5. The first-order valence-corrected chi connectivity index (χ1v) is 10.2. The SMILES string of the molecule is CC(C)O.CC(C)O.CCN(CC(=O)[O-])S(=O)(=O)C(F)(F)C(F)(F)C(F)(F)C(F)(F)C(F)(F)F.O.O.[Cl-].[Cl-].[Cl-].[Cl-].[Cr+3].[Cr+3].[OH-]. The summed E-state index contributed by atoms with van der Waals surface area (Å²) in [5.41, 5.74) is 0. The second kappa shape index (κ2) is 28.8. The van der Waals surface area contributed by atoms with Gasteiger partial charge in [0.25, 0.3) is 10.0 Å². The number of halogens is 15. The quantitative estimate of drug-likeness (QED) is 0.225. The molecule has 2 radical (unpaired) electrons. The van der Waals surface area contributed by atoms with Crippen LogP contribution in [0.25, 0.3) is 0 Å². The zero-order valence-electron chi connectivity index (χ0n) is 21.9. The molecule has 0 aliphatic carbocycles. The zero-order chi connectivity index (χ0) is 28.7. The standard InChI is InChI=1S/C9H8F11NO4S.2C3H8O.4ClH.2Cr.3H2O/c1-2-21(3-4(22)23)26(24,25)9(19,20)7(14,15)5(10,11)6(12,13)8(16,17)18;2*1-3(2)4;;;;;;;;;/h2-3H2,1H3,(H,22,23);2*3-4H,1-2H3;4*1H;;;3*1H2/q;;;;;;;2*+3;;;/p-6. The average Bonchev–Trinajstić information content (AvgIpc) is 2.56. The molecule has 0 heterocycles. The van der Waals surface area contributed by atoms with Crippen LogP contribution in [-0.2, 0) is 49.5 Å². The average molecular weight is 853 g/mol. The van der Waals surface area contributed by atoms with Gasteiger partial charge in [-0.1, -0.05) is 6.92 Å². The first kappa shape index (κ1) is 79.3. The fourth-order valence-electron chi connectivity index (χ4n) is 1.39. The molecule has 0 rings (SSSR count). The zero-order valence-corrected chi connectivity index (χ0v) is 28.3. The molecule has 0 fully saturated rings. The van der Waals surface area contributed by atoms with Crippen LogP contribution in [0.15, 0.2) is 0 Å². The summed E-state index contributed by atoms with van der Waals surface area (Å²) >= 11 is 0. The molecule has 0 unspecified atom stereocenters. The first-order chi connectivity index (χ1) is 14.6. The van der Waals surface area contributed by atoms with Crippen LogP contribution >= 0.6 is 0 Å². The Kier molecular flexibility index (Phi) is 53.1.